The van der Waals surface area contributed by atoms with Gasteiger partial charge in [0.05, 0.1) is 17.1 Å². The molecule has 0 radical (unpaired) electrons. The molecule has 1 aliphatic heterocycles. The van der Waals surface area contributed by atoms with Crippen LogP contribution in [0, 0.1) is 23.7 Å². The zero-order chi connectivity index (χ0) is 22.5. The van der Waals surface area contributed by atoms with Crippen molar-refractivity contribution in [3.63, 3.8) is 0 Å². The van der Waals surface area contributed by atoms with Crippen LogP contribution in [0.1, 0.15) is 62.2 Å². The molecule has 5 fully saturated rings. The molecule has 1 aromatic rings. The summed E-state index contributed by atoms with van der Waals surface area (Å²) in [5, 5.41) is 24.2. The standard InChI is InChI=1S/C24H33N3O4S/c1-2-7-32-22-18(3-4-19(25-22)27-6-5-15(13-27)23(29)30)21(28)26-20-16-8-14-9-17(20)12-24(31,10-14)11-16/h3-4,14-17,20,31H,2,5-13H2,1H3,(H,26,28)(H,29,30)/t14?,15?,16?,17?,20-,24+. The van der Waals surface area contributed by atoms with Crippen LogP contribution in [0.5, 0.6) is 0 Å². The van der Waals surface area contributed by atoms with E-state index in [1.54, 1.807) is 11.8 Å². The quantitative estimate of drug-likeness (QED) is 0.538. The molecule has 5 aliphatic rings. The first-order valence-corrected chi connectivity index (χ1v) is 13.0. The van der Waals surface area contributed by atoms with E-state index in [-0.39, 0.29) is 17.9 Å². The SMILES string of the molecule is CCCSc1nc(N2CCC(C(=O)O)C2)ccc1C(=O)N[C@H]1C2CC3CC1C[C@@](O)(C3)C2. The minimum Gasteiger partial charge on any atom is -0.481 e. The molecule has 2 heterocycles. The lowest BCUT2D eigenvalue weighted by Gasteiger charge is -2.58. The molecular formula is C24H33N3O4S. The number of pyridine rings is 1. The number of aromatic nitrogens is 1. The Morgan fingerprint density at radius 3 is 2.62 bits per heavy atom. The highest BCUT2D eigenvalue weighted by atomic mass is 32.2. The average molecular weight is 460 g/mol. The molecule has 174 valence electrons. The number of nitrogens with one attached hydrogen (secondary N) is 1. The Morgan fingerprint density at radius 2 is 2.00 bits per heavy atom. The van der Waals surface area contributed by atoms with Gasteiger partial charge in [0.2, 0.25) is 0 Å². The van der Waals surface area contributed by atoms with Crippen molar-refractivity contribution in [2.24, 2.45) is 23.7 Å². The van der Waals surface area contributed by atoms with Crippen LogP contribution in [-0.2, 0) is 4.79 Å². The van der Waals surface area contributed by atoms with Gasteiger partial charge in [0, 0.05) is 19.1 Å². The van der Waals surface area contributed by atoms with Gasteiger partial charge < -0.3 is 20.4 Å². The van der Waals surface area contributed by atoms with Crippen molar-refractivity contribution < 1.29 is 19.8 Å². The molecule has 4 aliphatic carbocycles. The van der Waals surface area contributed by atoms with Crippen molar-refractivity contribution in [3.8, 4) is 0 Å². The second-order valence-electron chi connectivity index (χ2n) is 10.3. The molecular weight excluding hydrogens is 426 g/mol. The van der Waals surface area contributed by atoms with Gasteiger partial charge in [-0.05, 0) is 80.6 Å². The predicted molar refractivity (Wildman–Crippen MR) is 123 cm³/mol. The van der Waals surface area contributed by atoms with Crippen LogP contribution in [0.15, 0.2) is 17.2 Å². The molecule has 0 spiro atoms. The Kier molecular flexibility index (Phi) is 5.86. The maximum absolute atomic E-state index is 13.4. The number of aliphatic hydroxyl groups is 1. The van der Waals surface area contributed by atoms with Gasteiger partial charge in [-0.2, -0.15) is 0 Å². The second kappa shape index (κ2) is 8.52. The summed E-state index contributed by atoms with van der Waals surface area (Å²) < 4.78 is 0. The van der Waals surface area contributed by atoms with E-state index in [0.717, 1.165) is 55.1 Å². The van der Waals surface area contributed by atoms with Crippen LogP contribution in [0.25, 0.3) is 0 Å². The largest absolute Gasteiger partial charge is 0.481 e. The Bertz CT molecular complexity index is 893. The number of amides is 1. The molecule has 3 unspecified atom stereocenters. The highest BCUT2D eigenvalue weighted by Crippen LogP contribution is 2.55. The smallest absolute Gasteiger partial charge is 0.308 e. The molecule has 4 bridgehead atoms. The summed E-state index contributed by atoms with van der Waals surface area (Å²) in [5.74, 6) is 1.77. The monoisotopic (exact) mass is 459 g/mol. The Labute approximate surface area is 193 Å². The van der Waals surface area contributed by atoms with Crippen LogP contribution < -0.4 is 10.2 Å². The van der Waals surface area contributed by atoms with Crippen molar-refractivity contribution in [3.05, 3.63) is 17.7 Å². The van der Waals surface area contributed by atoms with Crippen LogP contribution in [0.4, 0.5) is 5.82 Å². The number of carboxylic acids is 1. The van der Waals surface area contributed by atoms with Gasteiger partial charge in [-0.3, -0.25) is 9.59 Å². The molecule has 4 saturated carbocycles. The number of thioether (sulfide) groups is 1. The van der Waals surface area contributed by atoms with Gasteiger partial charge in [-0.25, -0.2) is 4.98 Å². The van der Waals surface area contributed by atoms with Crippen LogP contribution in [0.2, 0.25) is 0 Å². The molecule has 6 rings (SSSR count). The normalized spacial score (nSPS) is 35.3. The minimum atomic E-state index is -0.760. The molecule has 8 heteroatoms. The van der Waals surface area contributed by atoms with Crippen LogP contribution in [-0.4, -0.2) is 57.6 Å². The van der Waals surface area contributed by atoms with E-state index < -0.39 is 11.6 Å². The number of aliphatic carboxylic acids is 1. The van der Waals surface area contributed by atoms with Gasteiger partial charge in [-0.15, -0.1) is 11.8 Å². The average Bonchev–Trinajstić information content (AvgIpc) is 3.24. The van der Waals surface area contributed by atoms with Crippen molar-refractivity contribution in [1.29, 1.82) is 0 Å². The predicted octanol–water partition coefficient (Wildman–Crippen LogP) is 3.16. The summed E-state index contributed by atoms with van der Waals surface area (Å²) in [6.45, 7) is 3.23. The first-order chi connectivity index (χ1) is 15.3. The maximum Gasteiger partial charge on any atom is 0.308 e. The van der Waals surface area contributed by atoms with Crippen molar-refractivity contribution in [2.45, 2.75) is 68.5 Å². The van der Waals surface area contributed by atoms with Crippen molar-refractivity contribution >= 4 is 29.5 Å². The highest BCUT2D eigenvalue weighted by molar-refractivity contribution is 7.99. The number of hydrogen-bond donors (Lipinski definition) is 3. The molecule has 3 N–H and O–H groups in total. The van der Waals surface area contributed by atoms with Gasteiger partial charge >= 0.3 is 5.97 Å². The molecule has 3 atom stereocenters. The zero-order valence-corrected chi connectivity index (χ0v) is 19.4. The third-order valence-electron chi connectivity index (χ3n) is 7.93. The summed E-state index contributed by atoms with van der Waals surface area (Å²) in [4.78, 5) is 31.5. The van der Waals surface area contributed by atoms with E-state index in [9.17, 15) is 19.8 Å². The van der Waals surface area contributed by atoms with Crippen molar-refractivity contribution in [1.82, 2.24) is 10.3 Å². The molecule has 0 aromatic carbocycles. The number of carbonyl (C=O) groups is 2. The highest BCUT2D eigenvalue weighted by Gasteiger charge is 2.55. The topological polar surface area (TPSA) is 103 Å². The van der Waals surface area contributed by atoms with E-state index in [4.69, 9.17) is 4.98 Å². The number of anilines is 1. The van der Waals surface area contributed by atoms with E-state index >= 15 is 0 Å². The van der Waals surface area contributed by atoms with Gasteiger partial charge in [0.25, 0.3) is 5.91 Å². The second-order valence-corrected chi connectivity index (χ2v) is 11.4. The first-order valence-electron chi connectivity index (χ1n) is 12.0. The molecule has 7 nitrogen and oxygen atoms in total. The number of hydrogen-bond acceptors (Lipinski definition) is 6. The summed E-state index contributed by atoms with van der Waals surface area (Å²) in [7, 11) is 0. The minimum absolute atomic E-state index is 0.0723. The summed E-state index contributed by atoms with van der Waals surface area (Å²) in [5.41, 5.74) is 0.0979. The van der Waals surface area contributed by atoms with E-state index in [0.29, 0.717) is 42.8 Å². The van der Waals surface area contributed by atoms with Gasteiger partial charge in [-0.1, -0.05) is 6.92 Å². The zero-order valence-electron chi connectivity index (χ0n) is 18.6. The molecule has 1 aromatic heterocycles. The Morgan fingerprint density at radius 1 is 1.25 bits per heavy atom. The fourth-order valence-corrected chi connectivity index (χ4v) is 7.58. The summed E-state index contributed by atoms with van der Waals surface area (Å²) in [6.07, 6.45) is 6.36. The summed E-state index contributed by atoms with van der Waals surface area (Å²) in [6, 6.07) is 3.85. The fraction of sp³-hybridized carbons (Fsp3) is 0.708. The number of nitrogens with zero attached hydrogens (tertiary/aromatic N) is 2. The summed E-state index contributed by atoms with van der Waals surface area (Å²) >= 11 is 1.59. The van der Waals surface area contributed by atoms with Gasteiger partial charge in [0.1, 0.15) is 10.8 Å². The fourth-order valence-electron chi connectivity index (χ4n) is 6.70. The Hall–Kier alpha value is -1.80. The van der Waals surface area contributed by atoms with Gasteiger partial charge in [0.15, 0.2) is 0 Å². The number of carboxylic acid groups (broad SMARTS) is 1. The van der Waals surface area contributed by atoms with E-state index in [1.807, 2.05) is 17.0 Å². The third-order valence-corrected chi connectivity index (χ3v) is 9.13. The molecule has 1 saturated heterocycles. The molecule has 32 heavy (non-hydrogen) atoms. The number of carbonyl (C=O) groups excluding carboxylic acids is 1. The van der Waals surface area contributed by atoms with E-state index in [2.05, 4.69) is 12.2 Å². The van der Waals surface area contributed by atoms with E-state index in [1.165, 1.54) is 0 Å². The van der Waals surface area contributed by atoms with Crippen LogP contribution in [0.3, 0.4) is 0 Å². The first kappa shape index (κ1) is 22.0. The lowest BCUT2D eigenvalue weighted by molar-refractivity contribution is -0.141. The maximum atomic E-state index is 13.4. The molecule has 1 amide bonds. The lowest BCUT2D eigenvalue weighted by Crippen LogP contribution is -2.61. The Balaban J connectivity index is 1.33. The lowest BCUT2D eigenvalue weighted by atomic mass is 9.52. The van der Waals surface area contributed by atoms with Crippen molar-refractivity contribution in [2.75, 3.05) is 23.7 Å². The third kappa shape index (κ3) is 4.12. The van der Waals surface area contributed by atoms with Crippen LogP contribution >= 0.6 is 11.8 Å². The number of rotatable bonds is 7.